The summed E-state index contributed by atoms with van der Waals surface area (Å²) in [5.74, 6) is -0.241. The molecule has 1 aromatic carbocycles. The summed E-state index contributed by atoms with van der Waals surface area (Å²) in [6.07, 6.45) is 1.25. The number of aliphatic hydroxyl groups is 1. The van der Waals surface area contributed by atoms with E-state index >= 15 is 0 Å². The summed E-state index contributed by atoms with van der Waals surface area (Å²) < 4.78 is 13.9. The molecule has 0 aliphatic rings. The van der Waals surface area contributed by atoms with Crippen molar-refractivity contribution in [1.82, 2.24) is 10.3 Å². The minimum absolute atomic E-state index is 0.141. The first-order valence-corrected chi connectivity index (χ1v) is 8.48. The van der Waals surface area contributed by atoms with Gasteiger partial charge in [-0.3, -0.25) is 0 Å². The molecule has 2 rings (SSSR count). The van der Waals surface area contributed by atoms with Crippen molar-refractivity contribution in [2.45, 2.75) is 45.8 Å². The summed E-state index contributed by atoms with van der Waals surface area (Å²) in [5.41, 5.74) is 1.48. The zero-order valence-corrected chi connectivity index (χ0v) is 14.1. The van der Waals surface area contributed by atoms with Gasteiger partial charge in [-0.1, -0.05) is 19.1 Å². The van der Waals surface area contributed by atoms with Gasteiger partial charge < -0.3 is 10.4 Å². The van der Waals surface area contributed by atoms with E-state index in [0.717, 1.165) is 30.0 Å². The molecule has 0 saturated heterocycles. The standard InChI is InChI=1S/C17H23FN2OS/c1-4-13(21)9-10-19-11(2)16-12(3)20-17(22-16)14-7-5-6-8-15(14)18/h5-8,11,13,19,21H,4,9-10H2,1-3H3. The molecule has 0 saturated carbocycles. The highest BCUT2D eigenvalue weighted by Crippen LogP contribution is 2.32. The van der Waals surface area contributed by atoms with Crippen molar-refractivity contribution in [2.24, 2.45) is 0 Å². The average molecular weight is 322 g/mol. The van der Waals surface area contributed by atoms with Gasteiger partial charge in [-0.2, -0.15) is 0 Å². The summed E-state index contributed by atoms with van der Waals surface area (Å²) in [4.78, 5) is 5.63. The number of thiazole rings is 1. The second-order valence-corrected chi connectivity index (χ2v) is 6.51. The Morgan fingerprint density at radius 1 is 1.36 bits per heavy atom. The fourth-order valence-electron chi connectivity index (χ4n) is 2.32. The van der Waals surface area contributed by atoms with E-state index < -0.39 is 0 Å². The van der Waals surface area contributed by atoms with Crippen LogP contribution in [0.3, 0.4) is 0 Å². The van der Waals surface area contributed by atoms with Gasteiger partial charge in [0, 0.05) is 16.5 Å². The van der Waals surface area contributed by atoms with Crippen LogP contribution in [0.1, 0.15) is 43.3 Å². The molecular weight excluding hydrogens is 299 g/mol. The van der Waals surface area contributed by atoms with Crippen LogP contribution in [-0.2, 0) is 0 Å². The van der Waals surface area contributed by atoms with Crippen LogP contribution in [0.5, 0.6) is 0 Å². The highest BCUT2D eigenvalue weighted by Gasteiger charge is 2.16. The molecule has 0 aliphatic heterocycles. The Bertz CT molecular complexity index is 614. The number of nitrogens with one attached hydrogen (secondary N) is 1. The molecule has 2 unspecified atom stereocenters. The summed E-state index contributed by atoms with van der Waals surface area (Å²) in [7, 11) is 0. The third-order valence-electron chi connectivity index (χ3n) is 3.73. The number of halogens is 1. The molecule has 1 heterocycles. The second-order valence-electron chi connectivity index (χ2n) is 5.48. The first-order chi connectivity index (χ1) is 10.5. The lowest BCUT2D eigenvalue weighted by atomic mass is 10.2. The van der Waals surface area contributed by atoms with E-state index in [1.165, 1.54) is 17.4 Å². The number of aryl methyl sites for hydroxylation is 1. The smallest absolute Gasteiger partial charge is 0.133 e. The Labute approximate surface area is 135 Å². The number of hydrogen-bond acceptors (Lipinski definition) is 4. The molecule has 0 spiro atoms. The molecule has 2 N–H and O–H groups in total. The number of benzene rings is 1. The van der Waals surface area contributed by atoms with Gasteiger partial charge in [-0.15, -0.1) is 11.3 Å². The largest absolute Gasteiger partial charge is 0.393 e. The zero-order valence-electron chi connectivity index (χ0n) is 13.3. The Hall–Kier alpha value is -1.30. The first-order valence-electron chi connectivity index (χ1n) is 7.66. The molecule has 2 atom stereocenters. The molecule has 5 heteroatoms. The summed E-state index contributed by atoms with van der Waals surface area (Å²) in [6, 6.07) is 6.86. The van der Waals surface area contributed by atoms with Crippen molar-refractivity contribution < 1.29 is 9.50 Å². The van der Waals surface area contributed by atoms with Crippen LogP contribution in [0.15, 0.2) is 24.3 Å². The van der Waals surface area contributed by atoms with Crippen molar-refractivity contribution >= 4 is 11.3 Å². The fraction of sp³-hybridized carbons (Fsp3) is 0.471. The maximum Gasteiger partial charge on any atom is 0.133 e. The minimum atomic E-state index is -0.253. The van der Waals surface area contributed by atoms with E-state index in [9.17, 15) is 9.50 Å². The third kappa shape index (κ3) is 4.12. The number of hydrogen-bond donors (Lipinski definition) is 2. The van der Waals surface area contributed by atoms with Crippen LogP contribution in [0.4, 0.5) is 4.39 Å². The molecular formula is C17H23FN2OS. The molecule has 22 heavy (non-hydrogen) atoms. The van der Waals surface area contributed by atoms with Gasteiger partial charge in [0.05, 0.1) is 11.8 Å². The van der Waals surface area contributed by atoms with Crippen molar-refractivity contribution in [3.8, 4) is 10.6 Å². The van der Waals surface area contributed by atoms with Crippen LogP contribution >= 0.6 is 11.3 Å². The number of aliphatic hydroxyl groups excluding tert-OH is 1. The predicted molar refractivity (Wildman–Crippen MR) is 89.6 cm³/mol. The monoisotopic (exact) mass is 322 g/mol. The van der Waals surface area contributed by atoms with E-state index in [4.69, 9.17) is 0 Å². The first kappa shape index (κ1) is 17.1. The molecule has 0 bridgehead atoms. The third-order valence-corrected chi connectivity index (χ3v) is 5.10. The molecule has 0 aliphatic carbocycles. The van der Waals surface area contributed by atoms with Gasteiger partial charge in [0.1, 0.15) is 10.8 Å². The molecule has 0 amide bonds. The topological polar surface area (TPSA) is 45.1 Å². The van der Waals surface area contributed by atoms with Crippen molar-refractivity contribution in [3.05, 3.63) is 40.7 Å². The Kier molecular flexibility index (Phi) is 6.06. The molecule has 2 aromatic rings. The maximum atomic E-state index is 13.9. The lowest BCUT2D eigenvalue weighted by Gasteiger charge is -2.14. The van der Waals surface area contributed by atoms with E-state index in [2.05, 4.69) is 17.2 Å². The van der Waals surface area contributed by atoms with Gasteiger partial charge in [0.2, 0.25) is 0 Å². The highest BCUT2D eigenvalue weighted by atomic mass is 32.1. The Morgan fingerprint density at radius 2 is 2.09 bits per heavy atom. The molecule has 0 fully saturated rings. The lowest BCUT2D eigenvalue weighted by Crippen LogP contribution is -2.23. The minimum Gasteiger partial charge on any atom is -0.393 e. The van der Waals surface area contributed by atoms with Crippen molar-refractivity contribution in [3.63, 3.8) is 0 Å². The van der Waals surface area contributed by atoms with Crippen molar-refractivity contribution in [2.75, 3.05) is 6.54 Å². The van der Waals surface area contributed by atoms with Crippen molar-refractivity contribution in [1.29, 1.82) is 0 Å². The SMILES string of the molecule is CCC(O)CCNC(C)c1sc(-c2ccccc2F)nc1C. The van der Waals surface area contributed by atoms with Gasteiger partial charge >= 0.3 is 0 Å². The van der Waals surface area contributed by atoms with Gasteiger partial charge in [-0.25, -0.2) is 9.37 Å². The summed E-state index contributed by atoms with van der Waals surface area (Å²) >= 11 is 1.52. The fourth-order valence-corrected chi connectivity index (χ4v) is 3.44. The second kappa shape index (κ2) is 7.81. The van der Waals surface area contributed by atoms with Gasteiger partial charge in [-0.05, 0) is 45.4 Å². The quantitative estimate of drug-likeness (QED) is 0.808. The van der Waals surface area contributed by atoms with Crippen LogP contribution in [0, 0.1) is 12.7 Å². The highest BCUT2D eigenvalue weighted by molar-refractivity contribution is 7.15. The van der Waals surface area contributed by atoms with E-state index in [-0.39, 0.29) is 18.0 Å². The van der Waals surface area contributed by atoms with Gasteiger partial charge in [0.25, 0.3) is 0 Å². The number of rotatable bonds is 7. The summed E-state index contributed by atoms with van der Waals surface area (Å²) in [6.45, 7) is 6.75. The molecule has 120 valence electrons. The van der Waals surface area contributed by atoms with E-state index in [0.29, 0.717) is 10.6 Å². The van der Waals surface area contributed by atoms with E-state index in [1.54, 1.807) is 12.1 Å². The number of aromatic nitrogens is 1. The normalized spacial score (nSPS) is 14.0. The lowest BCUT2D eigenvalue weighted by molar-refractivity contribution is 0.159. The summed E-state index contributed by atoms with van der Waals surface area (Å²) in [5, 5.41) is 13.7. The Morgan fingerprint density at radius 3 is 2.77 bits per heavy atom. The molecule has 3 nitrogen and oxygen atoms in total. The van der Waals surface area contributed by atoms with Gasteiger partial charge in [0.15, 0.2) is 0 Å². The zero-order chi connectivity index (χ0) is 16.1. The predicted octanol–water partition coefficient (Wildman–Crippen LogP) is 4.07. The molecule has 0 radical (unpaired) electrons. The van der Waals surface area contributed by atoms with Crippen LogP contribution in [0.2, 0.25) is 0 Å². The van der Waals surface area contributed by atoms with Crippen LogP contribution in [-0.4, -0.2) is 22.7 Å². The van der Waals surface area contributed by atoms with E-state index in [1.807, 2.05) is 19.9 Å². The molecule has 1 aromatic heterocycles. The Balaban J connectivity index is 2.08. The van der Waals surface area contributed by atoms with Crippen LogP contribution < -0.4 is 5.32 Å². The average Bonchev–Trinajstić information content (AvgIpc) is 2.89. The number of nitrogens with zero attached hydrogens (tertiary/aromatic N) is 1. The van der Waals surface area contributed by atoms with Crippen LogP contribution in [0.25, 0.3) is 10.6 Å². The maximum absolute atomic E-state index is 13.9.